The predicted molar refractivity (Wildman–Crippen MR) is 188 cm³/mol. The molecule has 4 rings (SSSR count). The molecule has 13 heteroatoms. The molecule has 260 valence electrons. The highest BCUT2D eigenvalue weighted by molar-refractivity contribution is 5.91. The number of aromatic hydroxyl groups is 1. The molecule has 0 saturated heterocycles. The third-order valence-corrected chi connectivity index (χ3v) is 8.23. The van der Waals surface area contributed by atoms with Crippen molar-refractivity contribution >= 4 is 17.8 Å². The number of unbranched alkanes of at least 4 members (excludes halogenated alkanes) is 1. The molecule has 0 spiro atoms. The number of phenolic OH excluding ortho intramolecular Hbond substituents is 1. The summed E-state index contributed by atoms with van der Waals surface area (Å²) in [5.74, 6) is -0.412. The smallest absolute Gasteiger partial charge is 0.249 e. The van der Waals surface area contributed by atoms with Gasteiger partial charge >= 0.3 is 0 Å². The number of nitrogens with two attached hydrogens (primary N) is 3. The van der Waals surface area contributed by atoms with Crippen molar-refractivity contribution in [1.29, 1.82) is 5.41 Å². The summed E-state index contributed by atoms with van der Waals surface area (Å²) in [7, 11) is 0. The summed E-state index contributed by atoms with van der Waals surface area (Å²) in [5, 5.41) is 30.2. The van der Waals surface area contributed by atoms with Crippen molar-refractivity contribution in [2.75, 3.05) is 13.1 Å². The molecular weight excluding hydrogens is 622 g/mol. The standard InChI is InChI=1S/C36H47N9O4/c1-22-19-27(46)20-23(2)31(22)32(44-33(47)28(38)11-8-18-41-36(39)40)34(48)42-29(12-6-7-17-37)35-43-30(45-49-35)21-24-13-15-26(16-14-24)25-9-4-3-5-10-25/h3-5,9-10,13-16,19-20,28-29,32,46H,6-8,11-12,17-18,21,37-38H2,1-2H3,(H,42,48)(H,44,47)(H4,39,40,41)/t28-,29+,32+/m1/s1. The van der Waals surface area contributed by atoms with E-state index in [1.165, 1.54) is 12.1 Å². The van der Waals surface area contributed by atoms with Crippen molar-refractivity contribution in [1.82, 2.24) is 26.1 Å². The van der Waals surface area contributed by atoms with E-state index in [0.29, 0.717) is 67.7 Å². The molecule has 11 N–H and O–H groups in total. The fourth-order valence-electron chi connectivity index (χ4n) is 5.72. The van der Waals surface area contributed by atoms with Crippen LogP contribution in [0.5, 0.6) is 5.75 Å². The number of nitrogens with one attached hydrogen (secondary N) is 4. The molecule has 3 atom stereocenters. The Labute approximate surface area is 286 Å². The number of carbonyl (C=O) groups excluding carboxylic acids is 2. The summed E-state index contributed by atoms with van der Waals surface area (Å²) < 4.78 is 5.69. The van der Waals surface area contributed by atoms with E-state index in [1.54, 1.807) is 13.8 Å². The Bertz CT molecular complexity index is 1670. The summed E-state index contributed by atoms with van der Waals surface area (Å²) >= 11 is 0. The fourth-order valence-corrected chi connectivity index (χ4v) is 5.72. The maximum absolute atomic E-state index is 14.1. The molecule has 0 fully saturated rings. The number of amides is 2. The topological polar surface area (TPSA) is 231 Å². The van der Waals surface area contributed by atoms with Crippen molar-refractivity contribution in [3.8, 4) is 16.9 Å². The van der Waals surface area contributed by atoms with E-state index < -0.39 is 29.9 Å². The first-order valence-electron chi connectivity index (χ1n) is 16.5. The highest BCUT2D eigenvalue weighted by Crippen LogP contribution is 2.29. The molecule has 0 saturated carbocycles. The van der Waals surface area contributed by atoms with Gasteiger partial charge in [0.15, 0.2) is 11.8 Å². The summed E-state index contributed by atoms with van der Waals surface area (Å²) in [4.78, 5) is 32.0. The molecule has 0 aliphatic heterocycles. The van der Waals surface area contributed by atoms with Gasteiger partial charge in [-0.3, -0.25) is 15.0 Å². The Morgan fingerprint density at radius 3 is 2.24 bits per heavy atom. The molecule has 0 unspecified atom stereocenters. The van der Waals surface area contributed by atoms with E-state index in [2.05, 4.69) is 50.4 Å². The Morgan fingerprint density at radius 2 is 1.59 bits per heavy atom. The van der Waals surface area contributed by atoms with Gasteiger partial charge in [0.2, 0.25) is 17.7 Å². The van der Waals surface area contributed by atoms with Gasteiger partial charge in [-0.2, -0.15) is 4.98 Å². The number of aryl methyl sites for hydroxylation is 2. The van der Waals surface area contributed by atoms with Crippen molar-refractivity contribution in [2.24, 2.45) is 17.2 Å². The summed E-state index contributed by atoms with van der Waals surface area (Å²) in [6.45, 7) is 4.39. The van der Waals surface area contributed by atoms with Gasteiger partial charge in [-0.25, -0.2) is 0 Å². The summed E-state index contributed by atoms with van der Waals surface area (Å²) in [5.41, 5.74) is 22.3. The van der Waals surface area contributed by atoms with Crippen LogP contribution in [0.1, 0.15) is 78.2 Å². The lowest BCUT2D eigenvalue weighted by Gasteiger charge is -2.26. The van der Waals surface area contributed by atoms with E-state index in [-0.39, 0.29) is 17.6 Å². The van der Waals surface area contributed by atoms with Crippen LogP contribution < -0.4 is 33.2 Å². The van der Waals surface area contributed by atoms with Gasteiger partial charge in [0, 0.05) is 13.0 Å². The van der Waals surface area contributed by atoms with Crippen LogP contribution >= 0.6 is 0 Å². The highest BCUT2D eigenvalue weighted by atomic mass is 16.5. The molecule has 1 aromatic heterocycles. The highest BCUT2D eigenvalue weighted by Gasteiger charge is 2.31. The minimum absolute atomic E-state index is 0.0478. The number of nitrogens with zero attached hydrogens (tertiary/aromatic N) is 2. The molecule has 13 nitrogen and oxygen atoms in total. The van der Waals surface area contributed by atoms with Gasteiger partial charge in [0.05, 0.1) is 6.04 Å². The SMILES string of the molecule is Cc1cc(O)cc(C)c1[C@H](NC(=O)[C@H](N)CCCNC(=N)N)C(=O)N[C@@H](CCCCN)c1nc(Cc2ccc(-c3ccccc3)cc2)no1. The maximum Gasteiger partial charge on any atom is 0.249 e. The van der Waals surface area contributed by atoms with Crippen LogP contribution in [0.4, 0.5) is 0 Å². The first-order chi connectivity index (χ1) is 23.5. The second-order valence-corrected chi connectivity index (χ2v) is 12.2. The van der Waals surface area contributed by atoms with Crippen molar-refractivity contribution in [3.05, 3.63) is 101 Å². The van der Waals surface area contributed by atoms with Crippen LogP contribution in [-0.2, 0) is 16.0 Å². The molecule has 0 radical (unpaired) electrons. The van der Waals surface area contributed by atoms with Gasteiger partial charge in [-0.15, -0.1) is 0 Å². The third kappa shape index (κ3) is 10.6. The number of hydrogen-bond acceptors (Lipinski definition) is 9. The molecule has 4 aromatic rings. The van der Waals surface area contributed by atoms with E-state index in [9.17, 15) is 14.7 Å². The molecule has 0 bridgehead atoms. The Kier molecular flexibility index (Phi) is 13.3. The van der Waals surface area contributed by atoms with Gasteiger partial charge in [-0.1, -0.05) is 59.8 Å². The second-order valence-electron chi connectivity index (χ2n) is 12.2. The maximum atomic E-state index is 14.1. The number of guanidine groups is 1. The Hall–Kier alpha value is -5.27. The fraction of sp³-hybridized carbons (Fsp3) is 0.361. The van der Waals surface area contributed by atoms with Crippen molar-refractivity contribution < 1.29 is 19.2 Å². The van der Waals surface area contributed by atoms with Crippen molar-refractivity contribution in [3.63, 3.8) is 0 Å². The lowest BCUT2D eigenvalue weighted by molar-refractivity contribution is -0.130. The minimum Gasteiger partial charge on any atom is -0.508 e. The van der Waals surface area contributed by atoms with E-state index in [0.717, 1.165) is 23.1 Å². The minimum atomic E-state index is -1.13. The first kappa shape index (κ1) is 36.6. The van der Waals surface area contributed by atoms with Crippen LogP contribution in [0.15, 0.2) is 71.3 Å². The van der Waals surface area contributed by atoms with Crippen LogP contribution in [-0.4, -0.2) is 52.2 Å². The molecule has 0 aliphatic rings. The molecule has 49 heavy (non-hydrogen) atoms. The molecule has 3 aromatic carbocycles. The quantitative estimate of drug-likeness (QED) is 0.0464. The third-order valence-electron chi connectivity index (χ3n) is 8.23. The van der Waals surface area contributed by atoms with Crippen LogP contribution in [0.25, 0.3) is 11.1 Å². The average Bonchev–Trinajstić information content (AvgIpc) is 3.54. The summed E-state index contributed by atoms with van der Waals surface area (Å²) in [6, 6.07) is 18.7. The Morgan fingerprint density at radius 1 is 0.918 bits per heavy atom. The number of rotatable bonds is 17. The zero-order valence-corrected chi connectivity index (χ0v) is 28.0. The Balaban J connectivity index is 1.53. The van der Waals surface area contributed by atoms with E-state index in [4.69, 9.17) is 27.1 Å². The second kappa shape index (κ2) is 17.8. The lowest BCUT2D eigenvalue weighted by atomic mass is 9.94. The van der Waals surface area contributed by atoms with Gasteiger partial charge < -0.3 is 42.8 Å². The molecule has 1 heterocycles. The lowest BCUT2D eigenvalue weighted by Crippen LogP contribution is -2.48. The first-order valence-corrected chi connectivity index (χ1v) is 16.5. The van der Waals surface area contributed by atoms with E-state index in [1.807, 2.05) is 30.3 Å². The normalized spacial score (nSPS) is 12.9. The zero-order valence-electron chi connectivity index (χ0n) is 28.0. The van der Waals surface area contributed by atoms with Crippen molar-refractivity contribution in [2.45, 2.75) is 70.5 Å². The monoisotopic (exact) mass is 669 g/mol. The summed E-state index contributed by atoms with van der Waals surface area (Å²) in [6.07, 6.45) is 3.12. The van der Waals surface area contributed by atoms with Crippen LogP contribution in [0.2, 0.25) is 0 Å². The predicted octanol–water partition coefficient (Wildman–Crippen LogP) is 3.38. The van der Waals surface area contributed by atoms with Gasteiger partial charge in [0.1, 0.15) is 17.8 Å². The van der Waals surface area contributed by atoms with Gasteiger partial charge in [0.25, 0.3) is 0 Å². The number of hydrogen-bond donors (Lipinski definition) is 8. The zero-order chi connectivity index (χ0) is 35.3. The van der Waals surface area contributed by atoms with Gasteiger partial charge in [-0.05, 0) is 98.0 Å². The van der Waals surface area contributed by atoms with Crippen LogP contribution in [0.3, 0.4) is 0 Å². The number of phenols is 1. The molecule has 2 amide bonds. The van der Waals surface area contributed by atoms with E-state index >= 15 is 0 Å². The number of aromatic nitrogens is 2. The number of benzene rings is 3. The average molecular weight is 670 g/mol. The number of carbonyl (C=O) groups is 2. The molecular formula is C36H47N9O4. The largest absolute Gasteiger partial charge is 0.508 e. The van der Waals surface area contributed by atoms with Crippen LogP contribution in [0, 0.1) is 19.3 Å². The molecule has 0 aliphatic carbocycles.